The third kappa shape index (κ3) is 40.8. The van der Waals surface area contributed by atoms with Crippen LogP contribution in [0.5, 0.6) is 0 Å². The minimum atomic E-state index is -0.470. The second kappa shape index (κ2) is 42.3. The highest BCUT2D eigenvalue weighted by atomic mass is 16.3. The van der Waals surface area contributed by atoms with Crippen molar-refractivity contribution in [3.05, 3.63) is 0 Å². The molecule has 0 heterocycles. The van der Waals surface area contributed by atoms with Crippen molar-refractivity contribution in [2.75, 3.05) is 72.0 Å². The van der Waals surface area contributed by atoms with Gasteiger partial charge >= 0.3 is 0 Å². The zero-order valence-electron chi connectivity index (χ0n) is 38.8. The first-order valence-corrected chi connectivity index (χ1v) is 24.9. The van der Waals surface area contributed by atoms with E-state index in [0.29, 0.717) is 32.7 Å². The van der Waals surface area contributed by atoms with Gasteiger partial charge < -0.3 is 30.8 Å². The van der Waals surface area contributed by atoms with E-state index in [1.54, 1.807) is 0 Å². The molecule has 0 saturated heterocycles. The molecule has 0 fully saturated rings. The van der Waals surface area contributed by atoms with Crippen LogP contribution in [0.1, 0.15) is 208 Å². The molecule has 5 atom stereocenters. The summed E-state index contributed by atoms with van der Waals surface area (Å²) < 4.78 is 0. The van der Waals surface area contributed by atoms with Crippen molar-refractivity contribution < 1.29 is 25.5 Å². The number of unbranched alkanes of at least 4 members (excludes halogenated alkanes) is 21. The van der Waals surface area contributed by atoms with E-state index in [1.165, 1.54) is 135 Å². The third-order valence-electron chi connectivity index (χ3n) is 11.6. The van der Waals surface area contributed by atoms with Crippen LogP contribution in [0.15, 0.2) is 0 Å². The highest BCUT2D eigenvalue weighted by molar-refractivity contribution is 4.74. The van der Waals surface area contributed by atoms with E-state index in [1.807, 2.05) is 13.8 Å². The fraction of sp³-hybridized carbons (Fsp3) is 1.00. The van der Waals surface area contributed by atoms with Crippen molar-refractivity contribution in [3.8, 4) is 0 Å². The Labute approximate surface area is 355 Å². The number of nitrogens with one attached hydrogen (secondary N) is 1. The lowest BCUT2D eigenvalue weighted by atomic mass is 10.1. The average Bonchev–Trinajstić information content (AvgIpc) is 3.16. The SMILES string of the molecule is CCCCCCCCCCC(O)CNCCN(CCN(CC(C)O)CC(O)CCCCCCCCCC)CCN(CC(C)O)CC(O)CCCCCCCCCC. The van der Waals surface area contributed by atoms with Crippen molar-refractivity contribution in [1.29, 1.82) is 0 Å². The van der Waals surface area contributed by atoms with E-state index in [4.69, 9.17) is 0 Å². The molecule has 9 heteroatoms. The van der Waals surface area contributed by atoms with Crippen LogP contribution in [0.4, 0.5) is 0 Å². The monoisotopic (exact) mass is 815 g/mol. The van der Waals surface area contributed by atoms with Crippen molar-refractivity contribution >= 4 is 0 Å². The molecule has 0 aliphatic heterocycles. The fourth-order valence-corrected chi connectivity index (χ4v) is 8.09. The van der Waals surface area contributed by atoms with Crippen LogP contribution in [0.25, 0.3) is 0 Å². The maximum atomic E-state index is 11.0. The second-order valence-electron chi connectivity index (χ2n) is 18.0. The van der Waals surface area contributed by atoms with Crippen LogP contribution >= 0.6 is 0 Å². The van der Waals surface area contributed by atoms with Gasteiger partial charge in [-0.1, -0.05) is 175 Å². The first kappa shape index (κ1) is 56.6. The summed E-state index contributed by atoms with van der Waals surface area (Å²) in [7, 11) is 0. The number of hydrogen-bond donors (Lipinski definition) is 6. The zero-order chi connectivity index (χ0) is 42.2. The molecule has 9 nitrogen and oxygen atoms in total. The van der Waals surface area contributed by atoms with Gasteiger partial charge in [0.1, 0.15) is 0 Å². The van der Waals surface area contributed by atoms with Crippen molar-refractivity contribution in [2.45, 2.75) is 239 Å². The maximum Gasteiger partial charge on any atom is 0.0667 e. The molecule has 344 valence electrons. The highest BCUT2D eigenvalue weighted by Crippen LogP contribution is 2.14. The second-order valence-corrected chi connectivity index (χ2v) is 18.0. The smallest absolute Gasteiger partial charge is 0.0667 e. The Hall–Kier alpha value is -0.360. The van der Waals surface area contributed by atoms with Gasteiger partial charge in [-0.05, 0) is 33.1 Å². The summed E-state index contributed by atoms with van der Waals surface area (Å²) in [5.41, 5.74) is 0. The van der Waals surface area contributed by atoms with Gasteiger partial charge in [-0.2, -0.15) is 0 Å². The standard InChI is InChI=1S/C48H102N4O5/c1-6-9-12-15-18-21-24-27-30-46(55)39-49-33-34-50(35-37-51(40-44(4)53)42-47(56)31-28-25-22-19-16-13-10-7-2)36-38-52(41-45(5)54)43-48(57)32-29-26-23-20-17-14-11-8-3/h44-49,53-57H,6-43H2,1-5H3. The molecular formula is C48H102N4O5. The zero-order valence-corrected chi connectivity index (χ0v) is 38.8. The summed E-state index contributed by atoms with van der Waals surface area (Å²) in [4.78, 5) is 6.86. The van der Waals surface area contributed by atoms with Crippen LogP contribution in [-0.4, -0.2) is 143 Å². The largest absolute Gasteiger partial charge is 0.392 e. The first-order chi connectivity index (χ1) is 27.6. The molecule has 0 radical (unpaired) electrons. The summed E-state index contributed by atoms with van der Waals surface area (Å²) in [6.45, 7) is 17.9. The molecule has 0 aromatic carbocycles. The summed E-state index contributed by atoms with van der Waals surface area (Å²) in [6, 6.07) is 0. The van der Waals surface area contributed by atoms with Crippen LogP contribution in [-0.2, 0) is 0 Å². The van der Waals surface area contributed by atoms with Crippen molar-refractivity contribution in [1.82, 2.24) is 20.0 Å². The molecule has 0 aliphatic carbocycles. The quantitative estimate of drug-likeness (QED) is 0.0335. The summed E-state index contributed by atoms with van der Waals surface area (Å²) >= 11 is 0. The number of aliphatic hydroxyl groups is 5. The molecular weight excluding hydrogens is 713 g/mol. The molecule has 0 bridgehead atoms. The molecule has 0 aromatic rings. The molecule has 0 aliphatic rings. The molecule has 0 amide bonds. The minimum Gasteiger partial charge on any atom is -0.392 e. The van der Waals surface area contributed by atoms with Crippen LogP contribution < -0.4 is 5.32 Å². The lowest BCUT2D eigenvalue weighted by Crippen LogP contribution is -2.47. The van der Waals surface area contributed by atoms with Crippen molar-refractivity contribution in [3.63, 3.8) is 0 Å². The Morgan fingerprint density at radius 2 is 0.649 bits per heavy atom. The summed E-state index contributed by atoms with van der Waals surface area (Å²) in [5, 5.41) is 56.8. The fourth-order valence-electron chi connectivity index (χ4n) is 8.09. The van der Waals surface area contributed by atoms with Crippen LogP contribution in [0.3, 0.4) is 0 Å². The minimum absolute atomic E-state index is 0.327. The summed E-state index contributed by atoms with van der Waals surface area (Å²) in [5.74, 6) is 0. The Morgan fingerprint density at radius 3 is 0.982 bits per heavy atom. The predicted molar refractivity (Wildman–Crippen MR) is 245 cm³/mol. The normalized spacial score (nSPS) is 14.9. The van der Waals surface area contributed by atoms with E-state index in [0.717, 1.165) is 77.8 Å². The predicted octanol–water partition coefficient (Wildman–Crippen LogP) is 8.92. The third-order valence-corrected chi connectivity index (χ3v) is 11.6. The van der Waals surface area contributed by atoms with Gasteiger partial charge in [0.2, 0.25) is 0 Å². The van der Waals surface area contributed by atoms with E-state index in [2.05, 4.69) is 40.8 Å². The number of aliphatic hydroxyl groups excluding tert-OH is 5. The molecule has 5 unspecified atom stereocenters. The van der Waals surface area contributed by atoms with Gasteiger partial charge in [0.15, 0.2) is 0 Å². The topological polar surface area (TPSA) is 123 Å². The molecule has 0 rings (SSSR count). The molecule has 0 aromatic heterocycles. The van der Waals surface area contributed by atoms with Gasteiger partial charge in [0, 0.05) is 72.0 Å². The Balaban J connectivity index is 5.13. The lowest BCUT2D eigenvalue weighted by molar-refractivity contribution is 0.0553. The van der Waals surface area contributed by atoms with Crippen molar-refractivity contribution in [2.24, 2.45) is 0 Å². The maximum absolute atomic E-state index is 11.0. The van der Waals surface area contributed by atoms with Crippen LogP contribution in [0.2, 0.25) is 0 Å². The van der Waals surface area contributed by atoms with E-state index >= 15 is 0 Å². The molecule has 6 N–H and O–H groups in total. The van der Waals surface area contributed by atoms with Gasteiger partial charge in [0.05, 0.1) is 30.5 Å². The summed E-state index contributed by atoms with van der Waals surface area (Å²) in [6.07, 6.45) is 30.6. The van der Waals surface area contributed by atoms with E-state index in [9.17, 15) is 25.5 Å². The Bertz CT molecular complexity index is 748. The molecule has 0 spiro atoms. The highest BCUT2D eigenvalue weighted by Gasteiger charge is 2.19. The van der Waals surface area contributed by atoms with E-state index in [-0.39, 0.29) is 6.10 Å². The van der Waals surface area contributed by atoms with E-state index < -0.39 is 24.4 Å². The first-order valence-electron chi connectivity index (χ1n) is 24.9. The van der Waals surface area contributed by atoms with Gasteiger partial charge in [-0.25, -0.2) is 0 Å². The van der Waals surface area contributed by atoms with Gasteiger partial charge in [0.25, 0.3) is 0 Å². The van der Waals surface area contributed by atoms with Crippen LogP contribution in [0, 0.1) is 0 Å². The number of hydrogen-bond acceptors (Lipinski definition) is 9. The Kier molecular flexibility index (Phi) is 42.1. The number of rotatable bonds is 46. The molecule has 57 heavy (non-hydrogen) atoms. The number of nitrogens with zero attached hydrogens (tertiary/aromatic N) is 3. The lowest BCUT2D eigenvalue weighted by Gasteiger charge is -2.32. The Morgan fingerprint density at radius 1 is 0.351 bits per heavy atom. The average molecular weight is 815 g/mol. The van der Waals surface area contributed by atoms with Gasteiger partial charge in [-0.3, -0.25) is 14.7 Å². The molecule has 0 saturated carbocycles. The van der Waals surface area contributed by atoms with Gasteiger partial charge in [-0.15, -0.1) is 0 Å².